The molecule has 0 unspecified atom stereocenters. The third-order valence-electron chi connectivity index (χ3n) is 2.63. The first kappa shape index (κ1) is 20.1. The van der Waals surface area contributed by atoms with Gasteiger partial charge in [-0.3, -0.25) is 19.2 Å². The van der Waals surface area contributed by atoms with Crippen LogP contribution in [0.25, 0.3) is 0 Å². The fourth-order valence-electron chi connectivity index (χ4n) is 1.48. The van der Waals surface area contributed by atoms with E-state index in [9.17, 15) is 19.2 Å². The van der Waals surface area contributed by atoms with E-state index in [0.29, 0.717) is 5.06 Å². The summed E-state index contributed by atoms with van der Waals surface area (Å²) in [5, 5.41) is 31.3. The highest BCUT2D eigenvalue weighted by molar-refractivity contribution is 7.80. The molecule has 0 heterocycles. The van der Waals surface area contributed by atoms with Crippen LogP contribution in [0, 0.1) is 0 Å². The number of carbonyl (C=O) groups excluding carboxylic acids is 2. The van der Waals surface area contributed by atoms with Gasteiger partial charge in [-0.15, -0.1) is 0 Å². The number of amides is 2. The number of carboxylic acids is 2. The fraction of sp³-hybridized carbons (Fsp3) is 0.636. The van der Waals surface area contributed by atoms with Crippen molar-refractivity contribution >= 4 is 36.4 Å². The summed E-state index contributed by atoms with van der Waals surface area (Å²) in [5.74, 6) is -3.90. The van der Waals surface area contributed by atoms with E-state index < -0.39 is 42.4 Å². The minimum atomic E-state index is -1.29. The van der Waals surface area contributed by atoms with Crippen LogP contribution in [0.2, 0.25) is 0 Å². The molecule has 0 aliphatic rings. The first-order chi connectivity index (χ1) is 10.2. The number of thiol groups is 1. The van der Waals surface area contributed by atoms with Gasteiger partial charge in [0.1, 0.15) is 18.6 Å². The molecule has 2 atom stereocenters. The molecule has 5 N–H and O–H groups in total. The van der Waals surface area contributed by atoms with Crippen molar-refractivity contribution in [2.45, 2.75) is 24.9 Å². The second-order valence-corrected chi connectivity index (χ2v) is 4.75. The Bertz CT molecular complexity index is 430. The van der Waals surface area contributed by atoms with E-state index in [4.69, 9.17) is 15.4 Å². The Labute approximate surface area is 131 Å². The van der Waals surface area contributed by atoms with Gasteiger partial charge in [0, 0.05) is 19.2 Å². The Kier molecular flexibility index (Phi) is 9.13. The van der Waals surface area contributed by atoms with Crippen molar-refractivity contribution in [1.82, 2.24) is 15.7 Å². The second-order valence-electron chi connectivity index (χ2n) is 4.38. The third kappa shape index (κ3) is 7.81. The predicted molar refractivity (Wildman–Crippen MR) is 76.6 cm³/mol. The van der Waals surface area contributed by atoms with Crippen LogP contribution in [0.3, 0.4) is 0 Å². The summed E-state index contributed by atoms with van der Waals surface area (Å²) in [6.45, 7) is -0.588. The number of carboxylic acid groups (broad SMARTS) is 2. The SMILES string of the molecule is CN(O)[C@@H](CCC(=O)N[C@@H](CS)C(=O)NCC(=O)O)C(=O)O. The summed E-state index contributed by atoms with van der Waals surface area (Å²) in [6.07, 6.45) is -0.400. The maximum absolute atomic E-state index is 11.7. The zero-order valence-electron chi connectivity index (χ0n) is 11.9. The van der Waals surface area contributed by atoms with Crippen LogP contribution in [0.5, 0.6) is 0 Å². The molecule has 0 bridgehead atoms. The van der Waals surface area contributed by atoms with Crippen molar-refractivity contribution in [2.75, 3.05) is 19.3 Å². The van der Waals surface area contributed by atoms with Gasteiger partial charge in [0.2, 0.25) is 11.8 Å². The summed E-state index contributed by atoms with van der Waals surface area (Å²) in [6, 6.07) is -2.29. The lowest BCUT2D eigenvalue weighted by atomic mass is 10.1. The zero-order chi connectivity index (χ0) is 17.3. The molecule has 0 spiro atoms. The van der Waals surface area contributed by atoms with Crippen molar-refractivity contribution in [3.63, 3.8) is 0 Å². The Morgan fingerprint density at radius 3 is 2.23 bits per heavy atom. The molecular weight excluding hydrogens is 318 g/mol. The molecule has 10 nitrogen and oxygen atoms in total. The summed E-state index contributed by atoms with van der Waals surface area (Å²) in [7, 11) is 1.15. The van der Waals surface area contributed by atoms with Gasteiger partial charge in [-0.25, -0.2) is 0 Å². The smallest absolute Gasteiger partial charge is 0.323 e. The van der Waals surface area contributed by atoms with Crippen molar-refractivity contribution in [1.29, 1.82) is 0 Å². The minimum Gasteiger partial charge on any atom is -0.480 e. The summed E-state index contributed by atoms with van der Waals surface area (Å²) in [4.78, 5) is 44.4. The second kappa shape index (κ2) is 9.97. The molecule has 0 fully saturated rings. The van der Waals surface area contributed by atoms with Gasteiger partial charge in [0.15, 0.2) is 0 Å². The highest BCUT2D eigenvalue weighted by Crippen LogP contribution is 2.04. The van der Waals surface area contributed by atoms with E-state index in [1.807, 2.05) is 0 Å². The Balaban J connectivity index is 4.39. The fourth-order valence-corrected chi connectivity index (χ4v) is 1.74. The minimum absolute atomic E-state index is 0.0561. The van der Waals surface area contributed by atoms with Gasteiger partial charge >= 0.3 is 11.9 Å². The Morgan fingerprint density at radius 2 is 1.82 bits per heavy atom. The van der Waals surface area contributed by atoms with Crippen LogP contribution in [0.1, 0.15) is 12.8 Å². The predicted octanol–water partition coefficient (Wildman–Crippen LogP) is -1.84. The van der Waals surface area contributed by atoms with E-state index in [0.717, 1.165) is 7.05 Å². The van der Waals surface area contributed by atoms with E-state index in [-0.39, 0.29) is 18.6 Å². The first-order valence-electron chi connectivity index (χ1n) is 6.23. The van der Waals surface area contributed by atoms with Gasteiger partial charge in [0.25, 0.3) is 0 Å². The van der Waals surface area contributed by atoms with Gasteiger partial charge < -0.3 is 26.1 Å². The average molecular weight is 337 g/mol. The molecule has 0 saturated carbocycles. The number of aliphatic carboxylic acids is 2. The highest BCUT2D eigenvalue weighted by atomic mass is 32.1. The molecule has 11 heteroatoms. The molecule has 0 aromatic rings. The molecule has 2 amide bonds. The van der Waals surface area contributed by atoms with E-state index in [2.05, 4.69) is 23.3 Å². The normalized spacial score (nSPS) is 13.3. The Hall–Kier alpha value is -1.85. The largest absolute Gasteiger partial charge is 0.480 e. The zero-order valence-corrected chi connectivity index (χ0v) is 12.7. The monoisotopic (exact) mass is 337 g/mol. The lowest BCUT2D eigenvalue weighted by molar-refractivity contribution is -0.163. The van der Waals surface area contributed by atoms with Crippen LogP contribution in [-0.2, 0) is 19.2 Å². The summed E-state index contributed by atoms with van der Waals surface area (Å²) < 4.78 is 0. The van der Waals surface area contributed by atoms with E-state index >= 15 is 0 Å². The molecule has 0 rings (SSSR count). The lowest BCUT2D eigenvalue weighted by Gasteiger charge is -2.19. The standard InChI is InChI=1S/C11H19N3O7S/c1-14(21)7(11(19)20)2-3-8(15)13-6(5-22)10(18)12-4-9(16)17/h6-7,21-22H,2-5H2,1H3,(H,12,18)(H,13,15)(H,16,17)(H,19,20)/t6-,7-/m0/s1. The topological polar surface area (TPSA) is 156 Å². The van der Waals surface area contributed by atoms with Crippen LogP contribution < -0.4 is 10.6 Å². The average Bonchev–Trinajstić information content (AvgIpc) is 2.41. The first-order valence-corrected chi connectivity index (χ1v) is 6.86. The maximum Gasteiger partial charge on any atom is 0.323 e. The maximum atomic E-state index is 11.7. The lowest BCUT2D eigenvalue weighted by Crippen LogP contribution is -2.49. The number of hydroxylamine groups is 2. The van der Waals surface area contributed by atoms with Crippen molar-refractivity contribution in [3.8, 4) is 0 Å². The van der Waals surface area contributed by atoms with E-state index in [1.165, 1.54) is 0 Å². The van der Waals surface area contributed by atoms with E-state index in [1.54, 1.807) is 0 Å². The molecule has 0 aliphatic carbocycles. The van der Waals surface area contributed by atoms with Gasteiger partial charge in [0.05, 0.1) is 0 Å². The number of hydrogen-bond acceptors (Lipinski definition) is 7. The van der Waals surface area contributed by atoms with Crippen LogP contribution >= 0.6 is 12.6 Å². The van der Waals surface area contributed by atoms with Crippen LogP contribution in [0.15, 0.2) is 0 Å². The molecule has 0 aromatic heterocycles. The molecule has 22 heavy (non-hydrogen) atoms. The van der Waals surface area contributed by atoms with Gasteiger partial charge in [-0.05, 0) is 6.42 Å². The third-order valence-corrected chi connectivity index (χ3v) is 2.99. The number of carbonyl (C=O) groups is 4. The summed E-state index contributed by atoms with van der Waals surface area (Å²) in [5.41, 5.74) is 0. The molecule has 126 valence electrons. The Morgan fingerprint density at radius 1 is 1.23 bits per heavy atom. The number of hydrogen-bond donors (Lipinski definition) is 6. The number of nitrogens with zero attached hydrogens (tertiary/aromatic N) is 1. The number of nitrogens with one attached hydrogen (secondary N) is 2. The van der Waals surface area contributed by atoms with Gasteiger partial charge in [-0.2, -0.15) is 17.7 Å². The molecular formula is C11H19N3O7S. The number of likely N-dealkylation sites (N-methyl/N-ethyl adjacent to an activating group) is 1. The quantitative estimate of drug-likeness (QED) is 0.200. The molecule has 0 aliphatic heterocycles. The van der Waals surface area contributed by atoms with Crippen molar-refractivity contribution < 1.29 is 34.6 Å². The van der Waals surface area contributed by atoms with Crippen molar-refractivity contribution in [3.05, 3.63) is 0 Å². The highest BCUT2D eigenvalue weighted by Gasteiger charge is 2.24. The van der Waals surface area contributed by atoms with Crippen molar-refractivity contribution in [2.24, 2.45) is 0 Å². The van der Waals surface area contributed by atoms with Crippen LogP contribution in [-0.4, -0.2) is 75.7 Å². The van der Waals surface area contributed by atoms with Gasteiger partial charge in [-0.1, -0.05) is 0 Å². The number of rotatable bonds is 10. The molecule has 0 radical (unpaired) electrons. The molecule has 0 saturated heterocycles. The molecule has 0 aromatic carbocycles. The summed E-state index contributed by atoms with van der Waals surface area (Å²) >= 11 is 3.88. The van der Waals surface area contributed by atoms with Crippen LogP contribution in [0.4, 0.5) is 0 Å².